The van der Waals surface area contributed by atoms with Gasteiger partial charge in [-0.1, -0.05) is 6.07 Å². The van der Waals surface area contributed by atoms with Crippen LogP contribution in [-0.4, -0.2) is 23.9 Å². The van der Waals surface area contributed by atoms with Gasteiger partial charge in [0.2, 0.25) is 5.91 Å². The number of hydrogen-bond acceptors (Lipinski definition) is 5. The van der Waals surface area contributed by atoms with E-state index in [2.05, 4.69) is 10.1 Å². The molecule has 0 aliphatic rings. The Morgan fingerprint density at radius 1 is 1.42 bits per heavy atom. The minimum atomic E-state index is -0.610. The van der Waals surface area contributed by atoms with Crippen molar-refractivity contribution in [2.45, 2.75) is 6.92 Å². The van der Waals surface area contributed by atoms with E-state index in [1.54, 1.807) is 0 Å². The number of nitro benzene ring substituents is 1. The largest absolute Gasteiger partial charge is 0.466 e. The summed E-state index contributed by atoms with van der Waals surface area (Å²) in [7, 11) is 1.23. The minimum absolute atomic E-state index is 0.104. The molecule has 0 aromatic heterocycles. The summed E-state index contributed by atoms with van der Waals surface area (Å²) in [5, 5.41) is 13.2. The lowest BCUT2D eigenvalue weighted by molar-refractivity contribution is -0.383. The number of nitrogens with one attached hydrogen (secondary N) is 1. The Hall–Kier alpha value is -2.70. The molecular formula is C12H12N2O5. The van der Waals surface area contributed by atoms with Gasteiger partial charge in [-0.15, -0.1) is 0 Å². The summed E-state index contributed by atoms with van der Waals surface area (Å²) in [4.78, 5) is 32.1. The van der Waals surface area contributed by atoms with E-state index >= 15 is 0 Å². The molecule has 7 nitrogen and oxygen atoms in total. The quantitative estimate of drug-likeness (QED) is 0.386. The summed E-state index contributed by atoms with van der Waals surface area (Å²) >= 11 is 0. The van der Waals surface area contributed by atoms with Gasteiger partial charge in [0, 0.05) is 19.1 Å². The second-order valence-corrected chi connectivity index (χ2v) is 3.57. The molecule has 0 saturated carbocycles. The third-order valence-corrected chi connectivity index (χ3v) is 2.14. The Balaban J connectivity index is 3.09. The highest BCUT2D eigenvalue weighted by Gasteiger charge is 2.14. The van der Waals surface area contributed by atoms with Gasteiger partial charge in [0.25, 0.3) is 5.69 Å². The molecule has 0 aliphatic carbocycles. The highest BCUT2D eigenvalue weighted by atomic mass is 16.6. The van der Waals surface area contributed by atoms with Crippen molar-refractivity contribution >= 4 is 29.3 Å². The van der Waals surface area contributed by atoms with Gasteiger partial charge in [-0.3, -0.25) is 14.9 Å². The van der Waals surface area contributed by atoms with Gasteiger partial charge in [0.15, 0.2) is 0 Å². The van der Waals surface area contributed by atoms with E-state index in [1.807, 2.05) is 0 Å². The fourth-order valence-electron chi connectivity index (χ4n) is 1.33. The van der Waals surface area contributed by atoms with E-state index in [0.29, 0.717) is 5.56 Å². The molecule has 1 aromatic rings. The van der Waals surface area contributed by atoms with Crippen molar-refractivity contribution in [3.8, 4) is 0 Å². The van der Waals surface area contributed by atoms with Gasteiger partial charge in [-0.25, -0.2) is 4.79 Å². The molecule has 0 radical (unpaired) electrons. The van der Waals surface area contributed by atoms with E-state index < -0.39 is 16.8 Å². The Bertz CT molecular complexity index is 551. The predicted molar refractivity (Wildman–Crippen MR) is 68.5 cm³/mol. The topological polar surface area (TPSA) is 98.5 Å². The molecule has 7 heteroatoms. The number of carbonyl (C=O) groups is 2. The maximum absolute atomic E-state index is 10.9. The van der Waals surface area contributed by atoms with Gasteiger partial charge in [0.1, 0.15) is 5.69 Å². The van der Waals surface area contributed by atoms with Crippen molar-refractivity contribution in [2.75, 3.05) is 12.4 Å². The monoisotopic (exact) mass is 264 g/mol. The highest BCUT2D eigenvalue weighted by Crippen LogP contribution is 2.26. The molecular weight excluding hydrogens is 252 g/mol. The maximum atomic E-state index is 10.9. The van der Waals surface area contributed by atoms with E-state index in [1.165, 1.54) is 38.3 Å². The van der Waals surface area contributed by atoms with Crippen molar-refractivity contribution in [1.29, 1.82) is 0 Å². The van der Waals surface area contributed by atoms with Crippen LogP contribution in [0.15, 0.2) is 24.3 Å². The lowest BCUT2D eigenvalue weighted by Gasteiger charge is -2.04. The molecule has 19 heavy (non-hydrogen) atoms. The number of methoxy groups -OCH3 is 1. The zero-order chi connectivity index (χ0) is 14.4. The molecule has 0 bridgehead atoms. The van der Waals surface area contributed by atoms with Crippen molar-refractivity contribution in [2.24, 2.45) is 0 Å². The number of rotatable bonds is 4. The second kappa shape index (κ2) is 6.29. The normalized spacial score (nSPS) is 10.2. The fraction of sp³-hybridized carbons (Fsp3) is 0.167. The molecule has 0 fully saturated rings. The molecule has 0 spiro atoms. The minimum Gasteiger partial charge on any atom is -0.466 e. The average molecular weight is 264 g/mol. The molecule has 1 amide bonds. The summed E-state index contributed by atoms with van der Waals surface area (Å²) in [6, 6.07) is 4.19. The van der Waals surface area contributed by atoms with Gasteiger partial charge in [-0.05, 0) is 17.7 Å². The second-order valence-electron chi connectivity index (χ2n) is 3.57. The predicted octanol–water partition coefficient (Wildman–Crippen LogP) is 1.74. The van der Waals surface area contributed by atoms with Crippen LogP contribution in [0, 0.1) is 10.1 Å². The van der Waals surface area contributed by atoms with Crippen molar-refractivity contribution in [3.05, 3.63) is 40.0 Å². The van der Waals surface area contributed by atoms with Crippen LogP contribution in [0.3, 0.4) is 0 Å². The van der Waals surface area contributed by atoms with E-state index in [0.717, 1.165) is 6.08 Å². The third kappa shape index (κ3) is 4.23. The Kier molecular flexibility index (Phi) is 4.76. The maximum Gasteiger partial charge on any atom is 0.330 e. The number of hydrogen-bond donors (Lipinski definition) is 1. The van der Waals surface area contributed by atoms with Crippen LogP contribution >= 0.6 is 0 Å². The van der Waals surface area contributed by atoms with Crippen LogP contribution < -0.4 is 5.32 Å². The Morgan fingerprint density at radius 2 is 2.11 bits per heavy atom. The number of nitro groups is 1. The zero-order valence-corrected chi connectivity index (χ0v) is 10.4. The molecule has 0 saturated heterocycles. The number of anilines is 1. The first kappa shape index (κ1) is 14.4. The van der Waals surface area contributed by atoms with Crippen LogP contribution in [0.2, 0.25) is 0 Å². The first-order valence-corrected chi connectivity index (χ1v) is 5.26. The van der Waals surface area contributed by atoms with Gasteiger partial charge < -0.3 is 10.1 Å². The molecule has 0 heterocycles. The summed E-state index contributed by atoms with van der Waals surface area (Å²) in [5.74, 6) is -0.963. The van der Waals surface area contributed by atoms with Crippen molar-refractivity contribution in [3.63, 3.8) is 0 Å². The molecule has 100 valence electrons. The Morgan fingerprint density at radius 3 is 2.63 bits per heavy atom. The van der Waals surface area contributed by atoms with Crippen LogP contribution in [0.4, 0.5) is 11.4 Å². The third-order valence-electron chi connectivity index (χ3n) is 2.14. The van der Waals surface area contributed by atoms with Gasteiger partial charge >= 0.3 is 5.97 Å². The van der Waals surface area contributed by atoms with Crippen molar-refractivity contribution in [1.82, 2.24) is 0 Å². The molecule has 0 atom stereocenters. The van der Waals surface area contributed by atoms with Crippen LogP contribution in [0.1, 0.15) is 12.5 Å². The van der Waals surface area contributed by atoms with E-state index in [9.17, 15) is 19.7 Å². The number of benzene rings is 1. The zero-order valence-electron chi connectivity index (χ0n) is 10.4. The molecule has 0 aliphatic heterocycles. The summed E-state index contributed by atoms with van der Waals surface area (Å²) < 4.78 is 4.41. The summed E-state index contributed by atoms with van der Waals surface area (Å²) in [6.07, 6.45) is 2.54. The van der Waals surface area contributed by atoms with Crippen LogP contribution in [0.5, 0.6) is 0 Å². The number of amides is 1. The fourth-order valence-corrected chi connectivity index (χ4v) is 1.33. The molecule has 1 aromatic carbocycles. The van der Waals surface area contributed by atoms with E-state index in [4.69, 9.17) is 0 Å². The standard InChI is InChI=1S/C12H12N2O5/c1-8(15)13-10-5-3-9(4-6-12(16)19-2)7-11(10)14(17)18/h3-7H,1-2H3,(H,13,15). The number of carbonyl (C=O) groups excluding carboxylic acids is 2. The molecule has 1 N–H and O–H groups in total. The Labute approximate surface area is 109 Å². The summed E-state index contributed by atoms with van der Waals surface area (Å²) in [6.45, 7) is 1.26. The lowest BCUT2D eigenvalue weighted by Crippen LogP contribution is -2.08. The van der Waals surface area contributed by atoms with Crippen LogP contribution in [0.25, 0.3) is 6.08 Å². The first-order chi connectivity index (χ1) is 8.93. The number of esters is 1. The van der Waals surface area contributed by atoms with Gasteiger partial charge in [0.05, 0.1) is 12.0 Å². The van der Waals surface area contributed by atoms with E-state index in [-0.39, 0.29) is 11.4 Å². The number of nitrogens with zero attached hydrogens (tertiary/aromatic N) is 1. The molecule has 0 unspecified atom stereocenters. The highest BCUT2D eigenvalue weighted by molar-refractivity contribution is 5.92. The average Bonchev–Trinajstić information content (AvgIpc) is 2.36. The molecule has 1 rings (SSSR count). The van der Waals surface area contributed by atoms with Crippen molar-refractivity contribution < 1.29 is 19.2 Å². The summed E-state index contributed by atoms with van der Waals surface area (Å²) in [5.41, 5.74) is 0.307. The number of ether oxygens (including phenoxy) is 1. The van der Waals surface area contributed by atoms with Crippen LogP contribution in [-0.2, 0) is 14.3 Å². The first-order valence-electron chi connectivity index (χ1n) is 5.26. The lowest BCUT2D eigenvalue weighted by atomic mass is 10.1. The SMILES string of the molecule is COC(=O)C=Cc1ccc(NC(C)=O)c([N+](=O)[O-])c1. The van der Waals surface area contributed by atoms with Gasteiger partial charge in [-0.2, -0.15) is 0 Å². The smallest absolute Gasteiger partial charge is 0.330 e.